The summed E-state index contributed by atoms with van der Waals surface area (Å²) in [6, 6.07) is 27.6. The highest BCUT2D eigenvalue weighted by molar-refractivity contribution is 6.10. The Hall–Kier alpha value is -8.42. The summed E-state index contributed by atoms with van der Waals surface area (Å²) in [6.07, 6.45) is 0. The van der Waals surface area contributed by atoms with Crippen LogP contribution in [0.15, 0.2) is 212 Å². The van der Waals surface area contributed by atoms with E-state index in [0.29, 0.717) is 11.3 Å². The SMILES string of the molecule is [2H]c1c([2H])c([2H])c(-c2nc(-c3ccccc3)nc(-c3cc(-c4nc(-c5c([2H])c([2H])c([2H])c([2H])c5[2H])nc(-c5c([2H])c([2H])c([2H])c([2H])c5[2H])n4)ccc3-n3c4ccccc4c4ccc(-c5ccccc5)cc43)n2)c([2H])c1[2H]. The van der Waals surface area contributed by atoms with Crippen LogP contribution in [0, 0.1) is 0 Å². The maximum absolute atomic E-state index is 8.99. The van der Waals surface area contributed by atoms with Crippen molar-refractivity contribution >= 4 is 21.8 Å². The van der Waals surface area contributed by atoms with Crippen molar-refractivity contribution < 1.29 is 20.6 Å². The second-order valence-corrected chi connectivity index (χ2v) is 13.7. The minimum Gasteiger partial charge on any atom is -0.308 e. The van der Waals surface area contributed by atoms with E-state index in [4.69, 9.17) is 45.5 Å². The van der Waals surface area contributed by atoms with Crippen LogP contribution in [0.25, 0.3) is 107 Å². The topological polar surface area (TPSA) is 82.3 Å². The molecule has 61 heavy (non-hydrogen) atoms. The van der Waals surface area contributed by atoms with E-state index < -0.39 is 113 Å². The van der Waals surface area contributed by atoms with Crippen molar-refractivity contribution in [2.24, 2.45) is 0 Å². The lowest BCUT2D eigenvalue weighted by Crippen LogP contribution is -2.05. The largest absolute Gasteiger partial charge is 0.308 e. The van der Waals surface area contributed by atoms with E-state index in [2.05, 4.69) is 4.98 Å². The second-order valence-electron chi connectivity index (χ2n) is 13.7. The summed E-state index contributed by atoms with van der Waals surface area (Å²) in [5.41, 5.74) is 3.51. The molecule has 0 unspecified atom stereocenters. The van der Waals surface area contributed by atoms with Crippen LogP contribution in [0.5, 0.6) is 0 Å². The Kier molecular flexibility index (Phi) is 5.87. The molecule has 0 atom stereocenters. The number of hydrogen-bond donors (Lipinski definition) is 0. The number of nitrogens with zero attached hydrogens (tertiary/aromatic N) is 7. The molecule has 0 spiro atoms. The predicted molar refractivity (Wildman–Crippen MR) is 246 cm³/mol. The molecule has 0 aliphatic carbocycles. The molecular weight excluding hydrogens is 747 g/mol. The van der Waals surface area contributed by atoms with Crippen LogP contribution in [0.1, 0.15) is 20.6 Å². The molecule has 3 heterocycles. The molecule has 0 radical (unpaired) electrons. The summed E-state index contributed by atoms with van der Waals surface area (Å²) < 4.78 is 132. The van der Waals surface area contributed by atoms with Gasteiger partial charge in [-0.1, -0.05) is 182 Å². The zero-order valence-electron chi connectivity index (χ0n) is 46.7. The van der Waals surface area contributed by atoms with E-state index >= 15 is 0 Å². The molecule has 7 heteroatoms. The van der Waals surface area contributed by atoms with E-state index in [1.807, 2.05) is 77.4 Å². The van der Waals surface area contributed by atoms with Gasteiger partial charge < -0.3 is 4.57 Å². The Morgan fingerprint density at radius 1 is 0.311 bits per heavy atom. The summed E-state index contributed by atoms with van der Waals surface area (Å²) in [7, 11) is 0. The third-order valence-corrected chi connectivity index (χ3v) is 9.99. The Balaban J connectivity index is 1.27. The Morgan fingerprint density at radius 3 is 1.33 bits per heavy atom. The molecule has 8 aromatic carbocycles. The first-order valence-electron chi connectivity index (χ1n) is 26.5. The van der Waals surface area contributed by atoms with Crippen LogP contribution in [0.3, 0.4) is 0 Å². The minimum atomic E-state index is -0.700. The van der Waals surface area contributed by atoms with Crippen LogP contribution in [0.4, 0.5) is 0 Å². The average molecular weight is 797 g/mol. The quantitative estimate of drug-likeness (QED) is 0.152. The highest BCUT2D eigenvalue weighted by Gasteiger charge is 2.22. The smallest absolute Gasteiger partial charge is 0.166 e. The van der Waals surface area contributed by atoms with E-state index in [1.165, 1.54) is 0 Å². The van der Waals surface area contributed by atoms with Crippen molar-refractivity contribution in [1.29, 1.82) is 0 Å². The van der Waals surface area contributed by atoms with Gasteiger partial charge in [0.05, 0.1) is 37.3 Å². The molecule has 286 valence electrons. The van der Waals surface area contributed by atoms with E-state index in [-0.39, 0.29) is 40.0 Å². The highest BCUT2D eigenvalue weighted by atomic mass is 15.1. The van der Waals surface area contributed by atoms with Gasteiger partial charge in [0.2, 0.25) is 0 Å². The molecule has 0 saturated carbocycles. The standard InChI is InChI=1S/C54H35N7/c1-6-18-36(19-7-1)41-30-32-44-43-28-16-17-29-46(43)61(48(44)35-41)47-33-31-42(53-57-49(37-20-8-2-9-21-37)55-50(58-53)38-22-10-3-11-23-38)34-45(47)54-59-51(39-24-12-4-13-25-39)56-52(60-54)40-26-14-5-15-27-40/h1-35H/i2D,3D,4D,8D,9D,10D,11D,12D,13D,20D,21D,22D,23D,24D,25D. The molecule has 3 aromatic heterocycles. The molecular formula is C54H35N7. The minimum absolute atomic E-state index is 0.0524. The zero-order chi connectivity index (χ0) is 53.6. The van der Waals surface area contributed by atoms with E-state index in [0.717, 1.165) is 32.9 Å². The lowest BCUT2D eigenvalue weighted by Gasteiger charge is -2.16. The fourth-order valence-corrected chi connectivity index (χ4v) is 7.23. The molecule has 0 N–H and O–H groups in total. The van der Waals surface area contributed by atoms with Gasteiger partial charge in [-0.15, -0.1) is 0 Å². The van der Waals surface area contributed by atoms with E-state index in [1.54, 1.807) is 48.5 Å². The van der Waals surface area contributed by atoms with Crippen LogP contribution in [-0.4, -0.2) is 34.5 Å². The third-order valence-electron chi connectivity index (χ3n) is 9.99. The highest BCUT2D eigenvalue weighted by Crippen LogP contribution is 2.39. The lowest BCUT2D eigenvalue weighted by molar-refractivity contribution is 1.06. The zero-order valence-corrected chi connectivity index (χ0v) is 31.7. The van der Waals surface area contributed by atoms with Crippen LogP contribution in [0.2, 0.25) is 0 Å². The normalized spacial score (nSPS) is 14.7. The summed E-state index contributed by atoms with van der Waals surface area (Å²) >= 11 is 0. The summed E-state index contributed by atoms with van der Waals surface area (Å²) in [5.74, 6) is -1.41. The molecule has 0 aliphatic rings. The van der Waals surface area contributed by atoms with Gasteiger partial charge in [0.25, 0.3) is 0 Å². The van der Waals surface area contributed by atoms with Gasteiger partial charge in [-0.2, -0.15) is 0 Å². The van der Waals surface area contributed by atoms with Crippen molar-refractivity contribution in [3.8, 4) is 85.1 Å². The molecule has 11 aromatic rings. The van der Waals surface area contributed by atoms with Crippen LogP contribution in [-0.2, 0) is 0 Å². The third kappa shape index (κ3) is 6.80. The van der Waals surface area contributed by atoms with Crippen LogP contribution < -0.4 is 0 Å². The maximum atomic E-state index is 8.99. The number of hydrogen-bond acceptors (Lipinski definition) is 6. The average Bonchev–Trinajstić information content (AvgIpc) is 3.80. The predicted octanol–water partition coefficient (Wildman–Crippen LogP) is 12.8. The van der Waals surface area contributed by atoms with Gasteiger partial charge in [0, 0.05) is 44.2 Å². The molecule has 0 fully saturated rings. The first kappa shape index (κ1) is 23.2. The van der Waals surface area contributed by atoms with Gasteiger partial charge in [-0.3, -0.25) is 0 Å². The maximum Gasteiger partial charge on any atom is 0.166 e. The number of para-hydroxylation sites is 1. The van der Waals surface area contributed by atoms with E-state index in [9.17, 15) is 0 Å². The summed E-state index contributed by atoms with van der Waals surface area (Å²) in [5, 5.41) is 1.77. The number of rotatable bonds is 8. The fraction of sp³-hybridized carbons (Fsp3) is 0. The molecule has 0 bridgehead atoms. The van der Waals surface area contributed by atoms with Gasteiger partial charge in [0.1, 0.15) is 0 Å². The molecule has 0 aliphatic heterocycles. The second kappa shape index (κ2) is 15.4. The Bertz CT molecular complexity index is 4080. The lowest BCUT2D eigenvalue weighted by atomic mass is 10.0. The summed E-state index contributed by atoms with van der Waals surface area (Å²) in [4.78, 5) is 28.5. The van der Waals surface area contributed by atoms with Gasteiger partial charge in [-0.05, 0) is 41.5 Å². The molecule has 0 amide bonds. The number of fused-ring (bicyclic) bond motifs is 3. The van der Waals surface area contributed by atoms with Crippen LogP contribution >= 0.6 is 0 Å². The molecule has 0 saturated heterocycles. The van der Waals surface area contributed by atoms with Crippen molar-refractivity contribution in [3.05, 3.63) is 212 Å². The van der Waals surface area contributed by atoms with Crippen molar-refractivity contribution in [1.82, 2.24) is 34.5 Å². The monoisotopic (exact) mass is 796 g/mol. The van der Waals surface area contributed by atoms with Crippen molar-refractivity contribution in [3.63, 3.8) is 0 Å². The Morgan fingerprint density at radius 2 is 0.754 bits per heavy atom. The number of aromatic nitrogens is 7. The van der Waals surface area contributed by atoms with Gasteiger partial charge in [-0.25, -0.2) is 29.9 Å². The first-order chi connectivity index (χ1) is 36.4. The van der Waals surface area contributed by atoms with Gasteiger partial charge >= 0.3 is 0 Å². The first-order valence-corrected chi connectivity index (χ1v) is 19.0. The van der Waals surface area contributed by atoms with Gasteiger partial charge in [0.15, 0.2) is 34.9 Å². The van der Waals surface area contributed by atoms with Crippen molar-refractivity contribution in [2.75, 3.05) is 0 Å². The molecule has 11 rings (SSSR count). The fourth-order valence-electron chi connectivity index (χ4n) is 7.23. The number of benzene rings is 8. The van der Waals surface area contributed by atoms with Crippen molar-refractivity contribution in [2.45, 2.75) is 0 Å². The molecule has 7 nitrogen and oxygen atoms in total. The summed E-state index contributed by atoms with van der Waals surface area (Å²) in [6.45, 7) is 0. The Labute approximate surface area is 373 Å².